The van der Waals surface area contributed by atoms with Crippen molar-refractivity contribution in [1.29, 1.82) is 0 Å². The molecule has 0 spiro atoms. The molecular formula is C25H29F3N6O. The highest BCUT2D eigenvalue weighted by molar-refractivity contribution is 5.90. The van der Waals surface area contributed by atoms with Gasteiger partial charge in [0, 0.05) is 43.2 Å². The van der Waals surface area contributed by atoms with Gasteiger partial charge in [0.05, 0.1) is 36.5 Å². The largest absolute Gasteiger partial charge is 0.379 e. The number of fused-ring (bicyclic) bond motifs is 1. The van der Waals surface area contributed by atoms with Gasteiger partial charge < -0.3 is 15.0 Å². The van der Waals surface area contributed by atoms with Crippen LogP contribution in [0.5, 0.6) is 0 Å². The molecular weight excluding hydrogens is 457 g/mol. The number of hydrogen-bond donors (Lipinski definition) is 1. The topological polar surface area (TPSA) is 66.4 Å². The Labute approximate surface area is 202 Å². The van der Waals surface area contributed by atoms with Gasteiger partial charge in [0.15, 0.2) is 0 Å². The maximum absolute atomic E-state index is 14.7. The highest BCUT2D eigenvalue weighted by Crippen LogP contribution is 2.32. The highest BCUT2D eigenvalue weighted by atomic mass is 19.3. The molecule has 2 aliphatic rings. The summed E-state index contributed by atoms with van der Waals surface area (Å²) in [4.78, 5) is 18.4. The van der Waals surface area contributed by atoms with Gasteiger partial charge >= 0.3 is 0 Å². The van der Waals surface area contributed by atoms with Crippen molar-refractivity contribution in [3.8, 4) is 0 Å². The fourth-order valence-electron chi connectivity index (χ4n) is 4.97. The predicted molar refractivity (Wildman–Crippen MR) is 128 cm³/mol. The average Bonchev–Trinajstić information content (AvgIpc) is 3.34. The fraction of sp³-hybridized carbons (Fsp3) is 0.480. The summed E-state index contributed by atoms with van der Waals surface area (Å²) in [5, 5.41) is 3.98. The van der Waals surface area contributed by atoms with E-state index in [2.05, 4.69) is 30.1 Å². The number of nitrogens with one attached hydrogen (secondary N) is 1. The molecule has 2 fully saturated rings. The third-order valence-electron chi connectivity index (χ3n) is 6.84. The molecule has 4 heterocycles. The van der Waals surface area contributed by atoms with Crippen LogP contribution >= 0.6 is 0 Å². The van der Waals surface area contributed by atoms with E-state index in [9.17, 15) is 13.2 Å². The Kier molecular flexibility index (Phi) is 6.75. The zero-order chi connectivity index (χ0) is 24.5. The van der Waals surface area contributed by atoms with E-state index in [1.807, 2.05) is 6.07 Å². The molecule has 0 aliphatic carbocycles. The first-order chi connectivity index (χ1) is 16.9. The van der Waals surface area contributed by atoms with Gasteiger partial charge in [0.1, 0.15) is 23.3 Å². The summed E-state index contributed by atoms with van der Waals surface area (Å²) in [6.07, 6.45) is -0.0824. The highest BCUT2D eigenvalue weighted by Gasteiger charge is 2.29. The van der Waals surface area contributed by atoms with Crippen molar-refractivity contribution in [3.05, 3.63) is 53.2 Å². The molecule has 0 amide bonds. The van der Waals surface area contributed by atoms with E-state index in [0.29, 0.717) is 23.2 Å². The van der Waals surface area contributed by atoms with Crippen molar-refractivity contribution >= 4 is 22.5 Å². The molecule has 35 heavy (non-hydrogen) atoms. The van der Waals surface area contributed by atoms with Gasteiger partial charge in [0.25, 0.3) is 6.43 Å². The minimum Gasteiger partial charge on any atom is -0.379 e. The van der Waals surface area contributed by atoms with Crippen molar-refractivity contribution in [1.82, 2.24) is 19.9 Å². The summed E-state index contributed by atoms with van der Waals surface area (Å²) in [6.45, 7) is 8.73. The first-order valence-electron chi connectivity index (χ1n) is 11.9. The van der Waals surface area contributed by atoms with Crippen LogP contribution in [0.4, 0.5) is 24.8 Å². The van der Waals surface area contributed by atoms with E-state index in [0.717, 1.165) is 63.1 Å². The second-order valence-electron chi connectivity index (χ2n) is 9.13. The summed E-state index contributed by atoms with van der Waals surface area (Å²) in [7, 11) is 0. The van der Waals surface area contributed by atoms with Gasteiger partial charge in [-0.2, -0.15) is 0 Å². The Morgan fingerprint density at radius 3 is 2.66 bits per heavy atom. The lowest BCUT2D eigenvalue weighted by Gasteiger charge is -2.32. The van der Waals surface area contributed by atoms with Crippen molar-refractivity contribution in [2.75, 3.05) is 49.6 Å². The normalized spacial score (nSPS) is 20.1. The third-order valence-corrected chi connectivity index (χ3v) is 6.84. The Bertz CT molecular complexity index is 1200. The molecule has 5 rings (SSSR count). The fourth-order valence-corrected chi connectivity index (χ4v) is 4.97. The van der Waals surface area contributed by atoms with Gasteiger partial charge in [0.2, 0.25) is 0 Å². The second-order valence-corrected chi connectivity index (χ2v) is 9.13. The number of nitrogens with zero attached hydrogens (tertiary/aromatic N) is 5. The quantitative estimate of drug-likeness (QED) is 0.551. The molecule has 0 bridgehead atoms. The predicted octanol–water partition coefficient (Wildman–Crippen LogP) is 4.49. The zero-order valence-electron chi connectivity index (χ0n) is 19.8. The van der Waals surface area contributed by atoms with Crippen LogP contribution in [-0.4, -0.2) is 65.3 Å². The molecule has 1 unspecified atom stereocenters. The second kappa shape index (κ2) is 9.94. The first kappa shape index (κ1) is 23.7. The smallest absolute Gasteiger partial charge is 0.266 e. The molecule has 1 aromatic carbocycles. The van der Waals surface area contributed by atoms with Crippen LogP contribution < -0.4 is 10.2 Å². The van der Waals surface area contributed by atoms with Crippen LogP contribution in [0.1, 0.15) is 42.8 Å². The van der Waals surface area contributed by atoms with E-state index in [-0.39, 0.29) is 5.56 Å². The number of aryl methyl sites for hydroxylation is 1. The molecule has 10 heteroatoms. The van der Waals surface area contributed by atoms with Gasteiger partial charge in [-0.1, -0.05) is 18.2 Å². The third kappa shape index (κ3) is 4.90. The number of benzene rings is 1. The lowest BCUT2D eigenvalue weighted by Crippen LogP contribution is -2.44. The van der Waals surface area contributed by atoms with Gasteiger partial charge in [-0.15, -0.1) is 0 Å². The maximum atomic E-state index is 14.7. The van der Waals surface area contributed by atoms with Crippen LogP contribution in [0, 0.1) is 12.7 Å². The molecule has 186 valence electrons. The van der Waals surface area contributed by atoms with Gasteiger partial charge in [-0.3, -0.25) is 4.90 Å². The molecule has 2 aliphatic heterocycles. The minimum atomic E-state index is -2.88. The summed E-state index contributed by atoms with van der Waals surface area (Å²) < 4.78 is 46.6. The monoisotopic (exact) mass is 486 g/mol. The number of aromatic nitrogens is 3. The molecule has 7 nitrogen and oxygen atoms in total. The Morgan fingerprint density at radius 1 is 1.11 bits per heavy atom. The number of rotatable bonds is 6. The van der Waals surface area contributed by atoms with E-state index in [1.165, 1.54) is 12.1 Å². The summed E-state index contributed by atoms with van der Waals surface area (Å²) in [5.74, 6) is 1.000. The molecule has 3 aromatic rings. The summed E-state index contributed by atoms with van der Waals surface area (Å²) >= 11 is 0. The van der Waals surface area contributed by atoms with Crippen LogP contribution in [0.3, 0.4) is 0 Å². The lowest BCUT2D eigenvalue weighted by molar-refractivity contribution is 0.0209. The van der Waals surface area contributed by atoms with Crippen molar-refractivity contribution in [2.24, 2.45) is 0 Å². The van der Waals surface area contributed by atoms with E-state index < -0.39 is 23.8 Å². The maximum Gasteiger partial charge on any atom is 0.266 e. The lowest BCUT2D eigenvalue weighted by atomic mass is 10.0. The molecule has 0 radical (unpaired) electrons. The van der Waals surface area contributed by atoms with Crippen molar-refractivity contribution in [3.63, 3.8) is 0 Å². The van der Waals surface area contributed by atoms with Gasteiger partial charge in [-0.05, 0) is 26.3 Å². The first-order valence-corrected chi connectivity index (χ1v) is 11.9. The van der Waals surface area contributed by atoms with E-state index in [4.69, 9.17) is 4.74 Å². The minimum absolute atomic E-state index is 0.161. The van der Waals surface area contributed by atoms with Crippen LogP contribution in [0.15, 0.2) is 30.5 Å². The van der Waals surface area contributed by atoms with E-state index >= 15 is 0 Å². The van der Waals surface area contributed by atoms with Gasteiger partial charge in [-0.25, -0.2) is 28.1 Å². The molecule has 0 saturated carbocycles. The number of halogens is 3. The van der Waals surface area contributed by atoms with Crippen LogP contribution in [0.2, 0.25) is 0 Å². The standard InChI is InChI=1S/C25H29F3N6O/c1-15(18-4-3-5-19(23(18)26)24(27)28)30-25-20-12-22(29-13-21(20)31-16(2)32-25)34-7-6-17(14-34)33-8-10-35-11-9-33/h3-5,12-13,15,17,24H,6-11,14H2,1-2H3,(H,30,31,32)/t15-,17?/m1/s1. The molecule has 2 saturated heterocycles. The molecule has 2 aromatic heterocycles. The van der Waals surface area contributed by atoms with Crippen molar-refractivity contribution < 1.29 is 17.9 Å². The zero-order valence-corrected chi connectivity index (χ0v) is 19.8. The Balaban J connectivity index is 1.41. The SMILES string of the molecule is Cc1nc(N[C@H](C)c2cccc(C(F)F)c2F)c2cc(N3CCC(N4CCOCC4)C3)ncc2n1. The molecule has 2 atom stereocenters. The number of hydrogen-bond acceptors (Lipinski definition) is 7. The summed E-state index contributed by atoms with van der Waals surface area (Å²) in [6, 6.07) is 5.91. The Hall–Kier alpha value is -2.98. The van der Waals surface area contributed by atoms with Crippen molar-refractivity contribution in [2.45, 2.75) is 38.8 Å². The summed E-state index contributed by atoms with van der Waals surface area (Å²) in [5.41, 5.74) is 0.228. The number of morpholine rings is 1. The van der Waals surface area contributed by atoms with E-state index in [1.54, 1.807) is 20.0 Å². The number of ether oxygens (including phenoxy) is 1. The average molecular weight is 487 g/mol. The van der Waals surface area contributed by atoms with Crippen LogP contribution in [0.25, 0.3) is 10.9 Å². The Morgan fingerprint density at radius 2 is 1.89 bits per heavy atom. The number of pyridine rings is 1. The number of alkyl halides is 2. The van der Waals surface area contributed by atoms with Crippen LogP contribution in [-0.2, 0) is 4.74 Å². The molecule has 1 N–H and O–H groups in total. The number of anilines is 2.